The molecule has 2 amide bonds. The molecule has 7 nitrogen and oxygen atoms in total. The second-order valence-electron chi connectivity index (χ2n) is 6.79. The Balaban J connectivity index is 1.61. The maximum Gasteiger partial charge on any atom is 0.318 e. The molecule has 2 N–H and O–H groups in total. The first-order valence-corrected chi connectivity index (χ1v) is 8.67. The number of aromatic nitrogens is 2. The summed E-state index contributed by atoms with van der Waals surface area (Å²) in [6, 6.07) is -0.0302. The monoisotopic (exact) mass is 334 g/mol. The van der Waals surface area contributed by atoms with Gasteiger partial charge in [0.25, 0.3) is 0 Å². The van der Waals surface area contributed by atoms with Crippen molar-refractivity contribution in [3.63, 3.8) is 0 Å². The van der Waals surface area contributed by atoms with Crippen LogP contribution in [0.4, 0.5) is 4.79 Å². The van der Waals surface area contributed by atoms with Gasteiger partial charge in [-0.05, 0) is 45.1 Å². The number of carbonyl (C=O) groups excluding carboxylic acids is 1. The fraction of sp³-hybridized carbons (Fsp3) is 0.706. The van der Waals surface area contributed by atoms with E-state index >= 15 is 0 Å². The second kappa shape index (κ2) is 7.44. The van der Waals surface area contributed by atoms with Gasteiger partial charge < -0.3 is 20.1 Å². The van der Waals surface area contributed by atoms with Crippen molar-refractivity contribution in [3.8, 4) is 0 Å². The summed E-state index contributed by atoms with van der Waals surface area (Å²) in [5, 5.41) is 12.8. The molecule has 7 heteroatoms. The van der Waals surface area contributed by atoms with Gasteiger partial charge in [-0.25, -0.2) is 14.8 Å². The summed E-state index contributed by atoms with van der Waals surface area (Å²) < 4.78 is 5.46. The zero-order chi connectivity index (χ0) is 17.1. The van der Waals surface area contributed by atoms with Crippen molar-refractivity contribution < 1.29 is 14.6 Å². The Hall–Kier alpha value is -1.73. The summed E-state index contributed by atoms with van der Waals surface area (Å²) in [5.74, 6) is 0.797. The number of ether oxygens (including phenoxy) is 1. The molecular formula is C17H26N4O3. The van der Waals surface area contributed by atoms with Crippen LogP contribution in [0.5, 0.6) is 0 Å². The molecule has 132 valence electrons. The number of aliphatic hydroxyl groups excluding tert-OH is 1. The van der Waals surface area contributed by atoms with Crippen LogP contribution < -0.4 is 5.32 Å². The number of hydrogen-bond donors (Lipinski definition) is 2. The Kier molecular flexibility index (Phi) is 5.30. The Morgan fingerprint density at radius 2 is 2.42 bits per heavy atom. The molecule has 0 aromatic carbocycles. The van der Waals surface area contributed by atoms with Crippen LogP contribution in [0.3, 0.4) is 0 Å². The van der Waals surface area contributed by atoms with Gasteiger partial charge in [0.1, 0.15) is 5.82 Å². The van der Waals surface area contributed by atoms with E-state index in [0.717, 1.165) is 36.3 Å². The third kappa shape index (κ3) is 4.02. The minimum Gasteiger partial charge on any atom is -0.393 e. The van der Waals surface area contributed by atoms with Crippen molar-refractivity contribution in [2.75, 3.05) is 19.8 Å². The quantitative estimate of drug-likeness (QED) is 0.855. The van der Waals surface area contributed by atoms with Crippen LogP contribution in [0.25, 0.3) is 0 Å². The summed E-state index contributed by atoms with van der Waals surface area (Å²) in [6.45, 7) is 5.23. The normalized spacial score (nSPS) is 25.0. The van der Waals surface area contributed by atoms with Crippen LogP contribution in [0, 0.1) is 6.92 Å². The summed E-state index contributed by atoms with van der Waals surface area (Å²) in [6.07, 6.45) is 4.49. The Bertz CT molecular complexity index is 593. The van der Waals surface area contributed by atoms with Gasteiger partial charge in [0, 0.05) is 24.5 Å². The molecule has 2 aliphatic rings. The molecule has 0 radical (unpaired) electrons. The van der Waals surface area contributed by atoms with E-state index < -0.39 is 6.10 Å². The van der Waals surface area contributed by atoms with Crippen LogP contribution in [0.15, 0.2) is 6.20 Å². The molecule has 0 spiro atoms. The first-order chi connectivity index (χ1) is 11.5. The molecule has 24 heavy (non-hydrogen) atoms. The highest BCUT2D eigenvalue weighted by Gasteiger charge is 2.30. The molecule has 1 aliphatic heterocycles. The van der Waals surface area contributed by atoms with Crippen molar-refractivity contribution in [2.24, 2.45) is 0 Å². The Morgan fingerprint density at radius 1 is 1.58 bits per heavy atom. The summed E-state index contributed by atoms with van der Waals surface area (Å²) in [5.41, 5.74) is 2.23. The van der Waals surface area contributed by atoms with Gasteiger partial charge in [0.05, 0.1) is 25.4 Å². The average Bonchev–Trinajstić information content (AvgIpc) is 2.55. The van der Waals surface area contributed by atoms with Crippen LogP contribution >= 0.6 is 0 Å². The lowest BCUT2D eigenvalue weighted by molar-refractivity contribution is -0.00489. The zero-order valence-electron chi connectivity index (χ0n) is 14.4. The van der Waals surface area contributed by atoms with Gasteiger partial charge in [-0.3, -0.25) is 0 Å². The highest BCUT2D eigenvalue weighted by Crippen LogP contribution is 2.20. The molecule has 1 saturated heterocycles. The van der Waals surface area contributed by atoms with E-state index in [1.807, 2.05) is 13.1 Å². The minimum atomic E-state index is -0.450. The van der Waals surface area contributed by atoms with Gasteiger partial charge in [-0.15, -0.1) is 0 Å². The topological polar surface area (TPSA) is 87.6 Å². The number of nitrogens with zero attached hydrogens (tertiary/aromatic N) is 3. The average molecular weight is 334 g/mol. The van der Waals surface area contributed by atoms with E-state index in [0.29, 0.717) is 26.2 Å². The standard InChI is InChI=1S/C17H26N4O3/c1-11(22)7-15-10-24-6-5-21(15)17(23)20-14-3-4-16-13(8-14)9-18-12(2)19-16/h9,11,14-15,22H,3-8,10H2,1-2H3,(H,20,23). The highest BCUT2D eigenvalue weighted by molar-refractivity contribution is 5.75. The molecule has 0 saturated carbocycles. The highest BCUT2D eigenvalue weighted by atomic mass is 16.5. The molecule has 1 aromatic rings. The van der Waals surface area contributed by atoms with Crippen molar-refractivity contribution in [3.05, 3.63) is 23.3 Å². The maximum atomic E-state index is 12.7. The van der Waals surface area contributed by atoms with E-state index in [2.05, 4.69) is 15.3 Å². The van der Waals surface area contributed by atoms with Crippen molar-refractivity contribution >= 4 is 6.03 Å². The second-order valence-corrected chi connectivity index (χ2v) is 6.79. The first-order valence-electron chi connectivity index (χ1n) is 8.67. The molecule has 3 unspecified atom stereocenters. The molecule has 2 heterocycles. The van der Waals surface area contributed by atoms with Crippen LogP contribution in [-0.2, 0) is 17.6 Å². The number of morpholine rings is 1. The van der Waals surface area contributed by atoms with Gasteiger partial charge in [-0.1, -0.05) is 0 Å². The predicted molar refractivity (Wildman–Crippen MR) is 88.7 cm³/mol. The zero-order valence-corrected chi connectivity index (χ0v) is 14.4. The summed E-state index contributed by atoms with van der Waals surface area (Å²) >= 11 is 0. The molecule has 1 aromatic heterocycles. The molecule has 3 atom stereocenters. The van der Waals surface area contributed by atoms with Crippen LogP contribution in [0.2, 0.25) is 0 Å². The number of hydrogen-bond acceptors (Lipinski definition) is 5. The molecule has 0 bridgehead atoms. The van der Waals surface area contributed by atoms with Crippen LogP contribution in [0.1, 0.15) is 36.8 Å². The number of rotatable bonds is 3. The van der Waals surface area contributed by atoms with Gasteiger partial charge in [0.15, 0.2) is 0 Å². The smallest absolute Gasteiger partial charge is 0.318 e. The minimum absolute atomic E-state index is 0.0644. The third-order valence-corrected chi connectivity index (χ3v) is 4.70. The molecule has 1 fully saturated rings. The SMILES string of the molecule is Cc1ncc2c(n1)CCC(NC(=O)N1CCOCC1CC(C)O)C2. The van der Waals surface area contributed by atoms with Crippen molar-refractivity contribution in [1.29, 1.82) is 0 Å². The predicted octanol–water partition coefficient (Wildman–Crippen LogP) is 0.824. The lowest BCUT2D eigenvalue weighted by atomic mass is 9.93. The van der Waals surface area contributed by atoms with E-state index in [9.17, 15) is 9.90 Å². The van der Waals surface area contributed by atoms with E-state index in [-0.39, 0.29) is 18.1 Å². The molecule has 1 aliphatic carbocycles. The summed E-state index contributed by atoms with van der Waals surface area (Å²) in [7, 11) is 0. The number of carbonyl (C=O) groups is 1. The van der Waals surface area contributed by atoms with E-state index in [1.165, 1.54) is 0 Å². The number of amides is 2. The lowest BCUT2D eigenvalue weighted by Crippen LogP contribution is -2.55. The summed E-state index contributed by atoms with van der Waals surface area (Å²) in [4.78, 5) is 23.2. The number of aliphatic hydroxyl groups is 1. The van der Waals surface area contributed by atoms with E-state index in [4.69, 9.17) is 4.74 Å². The van der Waals surface area contributed by atoms with Gasteiger partial charge >= 0.3 is 6.03 Å². The fourth-order valence-corrected chi connectivity index (χ4v) is 3.50. The van der Waals surface area contributed by atoms with Gasteiger partial charge in [-0.2, -0.15) is 0 Å². The number of urea groups is 1. The maximum absolute atomic E-state index is 12.7. The largest absolute Gasteiger partial charge is 0.393 e. The van der Waals surface area contributed by atoms with E-state index in [1.54, 1.807) is 11.8 Å². The lowest BCUT2D eigenvalue weighted by Gasteiger charge is -2.37. The van der Waals surface area contributed by atoms with Crippen molar-refractivity contribution in [1.82, 2.24) is 20.2 Å². The Labute approximate surface area is 142 Å². The van der Waals surface area contributed by atoms with Crippen molar-refractivity contribution in [2.45, 2.75) is 57.7 Å². The fourth-order valence-electron chi connectivity index (χ4n) is 3.50. The molecule has 3 rings (SSSR count). The first kappa shape index (κ1) is 17.1. The molecular weight excluding hydrogens is 308 g/mol. The number of aryl methyl sites for hydroxylation is 2. The number of nitrogens with one attached hydrogen (secondary N) is 1. The van der Waals surface area contributed by atoms with Gasteiger partial charge in [0.2, 0.25) is 0 Å². The van der Waals surface area contributed by atoms with Crippen LogP contribution in [-0.4, -0.2) is 64.0 Å². The third-order valence-electron chi connectivity index (χ3n) is 4.70. The number of fused-ring (bicyclic) bond motifs is 1. The Morgan fingerprint density at radius 3 is 3.21 bits per heavy atom.